The molecule has 1 saturated heterocycles. The zero-order valence-corrected chi connectivity index (χ0v) is 11.6. The number of β-amino-alcohol motifs (C(OH)–C–C–N with tert-alkyl or cyclic N) is 1. The van der Waals surface area contributed by atoms with Gasteiger partial charge in [-0.2, -0.15) is 0 Å². The third kappa shape index (κ3) is 2.91. The van der Waals surface area contributed by atoms with E-state index in [-0.39, 0.29) is 17.9 Å². The van der Waals surface area contributed by atoms with E-state index in [0.717, 1.165) is 0 Å². The third-order valence-corrected chi connectivity index (χ3v) is 3.51. The minimum atomic E-state index is -0.955. The third-order valence-electron chi connectivity index (χ3n) is 3.51. The molecule has 0 aliphatic carbocycles. The van der Waals surface area contributed by atoms with E-state index in [9.17, 15) is 14.3 Å². The maximum Gasteiger partial charge on any atom is 0.260 e. The van der Waals surface area contributed by atoms with Gasteiger partial charge in [0.1, 0.15) is 17.1 Å². The van der Waals surface area contributed by atoms with Crippen molar-refractivity contribution in [1.82, 2.24) is 10.2 Å². The fraction of sp³-hybridized carbons (Fsp3) is 0.500. The number of likely N-dealkylation sites (N-methyl/N-ethyl adjacent to an activating group) is 1. The molecular weight excluding hydrogens is 263 g/mol. The predicted octanol–water partition coefficient (Wildman–Crippen LogP) is 0.631. The van der Waals surface area contributed by atoms with Gasteiger partial charge >= 0.3 is 0 Å². The lowest BCUT2D eigenvalue weighted by Gasteiger charge is -2.28. The minimum absolute atomic E-state index is 0.105. The zero-order chi connectivity index (χ0) is 14.8. The van der Waals surface area contributed by atoms with Gasteiger partial charge in [0, 0.05) is 13.6 Å². The van der Waals surface area contributed by atoms with Gasteiger partial charge in [-0.15, -0.1) is 0 Å². The van der Waals surface area contributed by atoms with Gasteiger partial charge in [0.2, 0.25) is 0 Å². The monoisotopic (exact) mass is 282 g/mol. The molecule has 0 bridgehead atoms. The van der Waals surface area contributed by atoms with Crippen molar-refractivity contribution in [3.8, 4) is 5.75 Å². The summed E-state index contributed by atoms with van der Waals surface area (Å²) < 4.78 is 18.9. The van der Waals surface area contributed by atoms with E-state index in [0.29, 0.717) is 19.5 Å². The highest BCUT2D eigenvalue weighted by Crippen LogP contribution is 2.24. The Balaban J connectivity index is 2.18. The Kier molecular flexibility index (Phi) is 4.25. The summed E-state index contributed by atoms with van der Waals surface area (Å²) in [4.78, 5) is 13.7. The van der Waals surface area contributed by atoms with Gasteiger partial charge in [0.15, 0.2) is 0 Å². The first-order valence-electron chi connectivity index (χ1n) is 6.48. The Morgan fingerprint density at radius 3 is 2.95 bits per heavy atom. The lowest BCUT2D eigenvalue weighted by molar-refractivity contribution is 0.0249. The second-order valence-corrected chi connectivity index (χ2v) is 5.13. The maximum absolute atomic E-state index is 13.9. The molecule has 2 rings (SSSR count). The number of nitrogens with zero attached hydrogens (tertiary/aromatic N) is 1. The van der Waals surface area contributed by atoms with Crippen molar-refractivity contribution >= 4 is 5.91 Å². The minimum Gasteiger partial charge on any atom is -0.496 e. The molecular formula is C14H19FN2O3. The highest BCUT2D eigenvalue weighted by atomic mass is 19.1. The summed E-state index contributed by atoms with van der Waals surface area (Å²) in [7, 11) is 2.94. The van der Waals surface area contributed by atoms with E-state index in [1.165, 1.54) is 30.2 Å². The molecule has 110 valence electrons. The van der Waals surface area contributed by atoms with E-state index in [2.05, 4.69) is 5.32 Å². The number of methoxy groups -OCH3 is 1. The number of nitrogens with one attached hydrogen (secondary N) is 1. The van der Waals surface area contributed by atoms with Crippen LogP contribution >= 0.6 is 0 Å². The van der Waals surface area contributed by atoms with E-state index in [4.69, 9.17) is 4.74 Å². The number of hydrogen-bond acceptors (Lipinski definition) is 4. The zero-order valence-electron chi connectivity index (χ0n) is 11.6. The van der Waals surface area contributed by atoms with Crippen molar-refractivity contribution < 1.29 is 19.0 Å². The molecule has 1 heterocycles. The van der Waals surface area contributed by atoms with Crippen molar-refractivity contribution in [2.75, 3.05) is 33.8 Å². The highest BCUT2D eigenvalue weighted by molar-refractivity contribution is 5.97. The molecule has 1 atom stereocenters. The summed E-state index contributed by atoms with van der Waals surface area (Å²) in [5, 5.41) is 13.3. The molecule has 0 spiro atoms. The number of aliphatic hydroxyl groups is 1. The van der Waals surface area contributed by atoms with E-state index in [1.807, 2.05) is 0 Å². The summed E-state index contributed by atoms with van der Waals surface area (Å²) in [6.45, 7) is 1.29. The average Bonchev–Trinajstić information content (AvgIpc) is 2.84. The number of carbonyl (C=O) groups is 1. The maximum atomic E-state index is 13.9. The molecule has 1 amide bonds. The van der Waals surface area contributed by atoms with Gasteiger partial charge in [0.25, 0.3) is 5.91 Å². The van der Waals surface area contributed by atoms with Crippen molar-refractivity contribution in [2.24, 2.45) is 0 Å². The van der Waals surface area contributed by atoms with E-state index >= 15 is 0 Å². The Bertz CT molecular complexity index is 501. The van der Waals surface area contributed by atoms with Gasteiger partial charge in [-0.1, -0.05) is 6.07 Å². The van der Waals surface area contributed by atoms with Gasteiger partial charge in [-0.3, -0.25) is 4.79 Å². The second kappa shape index (κ2) is 5.76. The Hall–Kier alpha value is -1.66. The molecule has 0 saturated carbocycles. The topological polar surface area (TPSA) is 61.8 Å². The van der Waals surface area contributed by atoms with Crippen molar-refractivity contribution in [3.63, 3.8) is 0 Å². The fourth-order valence-corrected chi connectivity index (χ4v) is 2.45. The SMILES string of the molecule is COc1cccc(F)c1C(=O)N(C)CC1(O)CCNC1. The average molecular weight is 282 g/mol. The van der Waals surface area contributed by atoms with Crippen LogP contribution in [-0.4, -0.2) is 55.3 Å². The molecule has 2 N–H and O–H groups in total. The first-order chi connectivity index (χ1) is 9.47. The first kappa shape index (κ1) is 14.7. The standard InChI is InChI=1S/C14H19FN2O3/c1-17(9-14(19)6-7-16-8-14)13(18)12-10(15)4-3-5-11(12)20-2/h3-5,16,19H,6-9H2,1-2H3. The Labute approximate surface area is 117 Å². The van der Waals surface area contributed by atoms with Crippen LogP contribution in [0.5, 0.6) is 5.75 Å². The smallest absolute Gasteiger partial charge is 0.260 e. The molecule has 1 fully saturated rings. The van der Waals surface area contributed by atoms with Crippen LogP contribution in [-0.2, 0) is 0 Å². The summed E-state index contributed by atoms with van der Waals surface area (Å²) in [6, 6.07) is 4.24. The van der Waals surface area contributed by atoms with Gasteiger partial charge in [-0.25, -0.2) is 4.39 Å². The van der Waals surface area contributed by atoms with Crippen LogP contribution in [0.25, 0.3) is 0 Å². The van der Waals surface area contributed by atoms with Crippen LogP contribution in [0.2, 0.25) is 0 Å². The van der Waals surface area contributed by atoms with E-state index < -0.39 is 17.3 Å². The molecule has 1 aromatic carbocycles. The van der Waals surface area contributed by atoms with Gasteiger partial charge < -0.3 is 20.1 Å². The van der Waals surface area contributed by atoms with Crippen LogP contribution in [0.4, 0.5) is 4.39 Å². The summed E-state index contributed by atoms with van der Waals surface area (Å²) in [6.07, 6.45) is 0.568. The molecule has 0 aromatic heterocycles. The molecule has 1 unspecified atom stereocenters. The lowest BCUT2D eigenvalue weighted by atomic mass is 10.0. The number of ether oxygens (including phenoxy) is 1. The number of rotatable bonds is 4. The van der Waals surface area contributed by atoms with Gasteiger partial charge in [-0.05, 0) is 25.1 Å². The van der Waals surface area contributed by atoms with Crippen LogP contribution in [0, 0.1) is 5.82 Å². The number of amides is 1. The Morgan fingerprint density at radius 1 is 1.60 bits per heavy atom. The molecule has 0 radical (unpaired) electrons. The number of carbonyl (C=O) groups excluding carboxylic acids is 1. The number of halogens is 1. The van der Waals surface area contributed by atoms with Crippen LogP contribution in [0.3, 0.4) is 0 Å². The number of hydrogen-bond donors (Lipinski definition) is 2. The first-order valence-corrected chi connectivity index (χ1v) is 6.48. The molecule has 6 heteroatoms. The fourth-order valence-electron chi connectivity index (χ4n) is 2.45. The molecule has 1 aliphatic rings. The normalized spacial score (nSPS) is 21.8. The Morgan fingerprint density at radius 2 is 2.35 bits per heavy atom. The van der Waals surface area contributed by atoms with E-state index in [1.54, 1.807) is 7.05 Å². The van der Waals surface area contributed by atoms with Crippen molar-refractivity contribution in [1.29, 1.82) is 0 Å². The highest BCUT2D eigenvalue weighted by Gasteiger charge is 2.34. The molecule has 1 aromatic rings. The van der Waals surface area contributed by atoms with Crippen LogP contribution in [0.1, 0.15) is 16.8 Å². The molecule has 20 heavy (non-hydrogen) atoms. The molecule has 1 aliphatic heterocycles. The largest absolute Gasteiger partial charge is 0.496 e. The predicted molar refractivity (Wildman–Crippen MR) is 72.3 cm³/mol. The second-order valence-electron chi connectivity index (χ2n) is 5.13. The molecule has 5 nitrogen and oxygen atoms in total. The van der Waals surface area contributed by atoms with Crippen LogP contribution < -0.4 is 10.1 Å². The quantitative estimate of drug-likeness (QED) is 0.850. The van der Waals surface area contributed by atoms with Crippen molar-refractivity contribution in [3.05, 3.63) is 29.6 Å². The lowest BCUT2D eigenvalue weighted by Crippen LogP contribution is -2.45. The summed E-state index contributed by atoms with van der Waals surface area (Å²) in [5.41, 5.74) is -1.06. The van der Waals surface area contributed by atoms with Crippen LogP contribution in [0.15, 0.2) is 18.2 Å². The van der Waals surface area contributed by atoms with Gasteiger partial charge in [0.05, 0.1) is 19.3 Å². The van der Waals surface area contributed by atoms with Crippen molar-refractivity contribution in [2.45, 2.75) is 12.0 Å². The summed E-state index contributed by atoms with van der Waals surface area (Å²) >= 11 is 0. The summed E-state index contributed by atoms with van der Waals surface area (Å²) in [5.74, 6) is -0.934. The number of benzene rings is 1.